The van der Waals surface area contributed by atoms with Gasteiger partial charge in [-0.1, -0.05) is 93.0 Å². The molecule has 1 amide bonds. The van der Waals surface area contributed by atoms with E-state index in [1.54, 1.807) is 0 Å². The summed E-state index contributed by atoms with van der Waals surface area (Å²) in [7, 11) is 0. The molecule has 4 rings (SSSR count). The second-order valence-corrected chi connectivity index (χ2v) is 8.96. The number of hydrogen-bond donors (Lipinski definition) is 1. The van der Waals surface area contributed by atoms with E-state index in [1.165, 1.54) is 24.6 Å². The van der Waals surface area contributed by atoms with Crippen LogP contribution in [0.5, 0.6) is 0 Å². The molecule has 0 spiro atoms. The van der Waals surface area contributed by atoms with Crippen molar-refractivity contribution in [3.63, 3.8) is 0 Å². The summed E-state index contributed by atoms with van der Waals surface area (Å²) in [6.07, 6.45) is 3.54. The Morgan fingerprint density at radius 2 is 1.72 bits per heavy atom. The van der Waals surface area contributed by atoms with Crippen LogP contribution in [0.15, 0.2) is 59.6 Å². The predicted octanol–water partition coefficient (Wildman–Crippen LogP) is 5.33. The molecule has 0 bridgehead atoms. The summed E-state index contributed by atoms with van der Waals surface area (Å²) in [5.41, 5.74) is 1.92. The van der Waals surface area contributed by atoms with Crippen molar-refractivity contribution >= 4 is 28.4 Å². The molecule has 0 saturated heterocycles. The molecule has 1 heterocycles. The smallest absolute Gasteiger partial charge is 0.230 e. The van der Waals surface area contributed by atoms with E-state index in [2.05, 4.69) is 41.5 Å². The summed E-state index contributed by atoms with van der Waals surface area (Å²) >= 11 is 1.47. The van der Waals surface area contributed by atoms with Crippen molar-refractivity contribution in [1.82, 2.24) is 15.5 Å². The van der Waals surface area contributed by atoms with Crippen LogP contribution in [0.2, 0.25) is 0 Å². The molecule has 29 heavy (non-hydrogen) atoms. The molecule has 0 radical (unpaired) electrons. The Balaban J connectivity index is 1.50. The van der Waals surface area contributed by atoms with Gasteiger partial charge in [0, 0.05) is 22.4 Å². The van der Waals surface area contributed by atoms with E-state index in [0.29, 0.717) is 17.6 Å². The van der Waals surface area contributed by atoms with Crippen LogP contribution in [0, 0.1) is 11.8 Å². The molecule has 5 heteroatoms. The van der Waals surface area contributed by atoms with E-state index in [-0.39, 0.29) is 11.9 Å². The second kappa shape index (κ2) is 8.95. The molecule has 1 fully saturated rings. The molecular formula is C24H27N3OS. The summed E-state index contributed by atoms with van der Waals surface area (Å²) in [6.45, 7) is 4.54. The number of fused-ring (bicyclic) bond motifs is 1. The maximum Gasteiger partial charge on any atom is 0.230 e. The van der Waals surface area contributed by atoms with Gasteiger partial charge in [-0.15, -0.1) is 10.2 Å². The van der Waals surface area contributed by atoms with Gasteiger partial charge in [0.2, 0.25) is 5.91 Å². The molecule has 0 unspecified atom stereocenters. The van der Waals surface area contributed by atoms with Crippen molar-refractivity contribution in [1.29, 1.82) is 0 Å². The zero-order valence-corrected chi connectivity index (χ0v) is 17.8. The first-order chi connectivity index (χ1) is 14.1. The summed E-state index contributed by atoms with van der Waals surface area (Å²) < 4.78 is 0. The zero-order chi connectivity index (χ0) is 20.2. The first-order valence-electron chi connectivity index (χ1n) is 10.4. The predicted molar refractivity (Wildman–Crippen MR) is 120 cm³/mol. The number of carbonyl (C=O) groups excluding carboxylic acids is 1. The molecule has 0 aliphatic heterocycles. The fraction of sp³-hybridized carbons (Fsp3) is 0.375. The normalized spacial score (nSPS) is 21.8. The van der Waals surface area contributed by atoms with Crippen LogP contribution in [-0.2, 0) is 4.79 Å². The third-order valence-corrected chi connectivity index (χ3v) is 7.08. The number of rotatable bonds is 5. The van der Waals surface area contributed by atoms with E-state index in [0.717, 1.165) is 33.5 Å². The first-order valence-corrected chi connectivity index (χ1v) is 11.3. The molecule has 3 atom stereocenters. The fourth-order valence-corrected chi connectivity index (χ4v) is 4.95. The highest BCUT2D eigenvalue weighted by molar-refractivity contribution is 8.00. The molecule has 2 aromatic carbocycles. The minimum atomic E-state index is 0.0824. The van der Waals surface area contributed by atoms with Gasteiger partial charge in [-0.3, -0.25) is 4.79 Å². The lowest BCUT2D eigenvalue weighted by Gasteiger charge is -2.34. The van der Waals surface area contributed by atoms with E-state index in [9.17, 15) is 4.79 Å². The van der Waals surface area contributed by atoms with Crippen LogP contribution in [0.1, 0.15) is 33.1 Å². The van der Waals surface area contributed by atoms with Crippen LogP contribution in [0.3, 0.4) is 0 Å². The molecule has 3 aromatic rings. The molecule has 1 saturated carbocycles. The second-order valence-electron chi connectivity index (χ2n) is 8.00. The number of thioether (sulfide) groups is 1. The summed E-state index contributed by atoms with van der Waals surface area (Å²) in [4.78, 5) is 12.6. The SMILES string of the molecule is C[C@@H]1[C@H](C)CCC[C@H]1NC(=O)CSc1nnc(-c2ccccc2)c2ccccc12. The molecular weight excluding hydrogens is 378 g/mol. The third kappa shape index (κ3) is 4.45. The van der Waals surface area contributed by atoms with Gasteiger partial charge in [0.25, 0.3) is 0 Å². The minimum Gasteiger partial charge on any atom is -0.352 e. The topological polar surface area (TPSA) is 54.9 Å². The number of hydrogen-bond acceptors (Lipinski definition) is 4. The van der Waals surface area contributed by atoms with Gasteiger partial charge in [-0.05, 0) is 18.3 Å². The Labute approximate surface area is 176 Å². The zero-order valence-electron chi connectivity index (χ0n) is 17.0. The lowest BCUT2D eigenvalue weighted by Crippen LogP contribution is -2.44. The van der Waals surface area contributed by atoms with Crippen LogP contribution in [0.25, 0.3) is 22.0 Å². The third-order valence-electron chi connectivity index (χ3n) is 6.09. The lowest BCUT2D eigenvalue weighted by molar-refractivity contribution is -0.119. The van der Waals surface area contributed by atoms with Crippen molar-refractivity contribution in [3.05, 3.63) is 54.6 Å². The van der Waals surface area contributed by atoms with Crippen molar-refractivity contribution in [2.75, 3.05) is 5.75 Å². The highest BCUT2D eigenvalue weighted by atomic mass is 32.2. The Kier molecular flexibility index (Phi) is 6.14. The number of amides is 1. The highest BCUT2D eigenvalue weighted by Gasteiger charge is 2.28. The number of carbonyl (C=O) groups is 1. The minimum absolute atomic E-state index is 0.0824. The monoisotopic (exact) mass is 405 g/mol. The molecule has 150 valence electrons. The van der Waals surface area contributed by atoms with E-state index in [4.69, 9.17) is 0 Å². The average molecular weight is 406 g/mol. The van der Waals surface area contributed by atoms with Crippen LogP contribution in [-0.4, -0.2) is 27.9 Å². The molecule has 1 aromatic heterocycles. The molecule has 1 aliphatic carbocycles. The van der Waals surface area contributed by atoms with Gasteiger partial charge in [0.05, 0.1) is 5.75 Å². The van der Waals surface area contributed by atoms with E-state index >= 15 is 0 Å². The number of nitrogens with zero attached hydrogens (tertiary/aromatic N) is 2. The van der Waals surface area contributed by atoms with Crippen LogP contribution >= 0.6 is 11.8 Å². The standard InChI is InChI=1S/C24H27N3OS/c1-16-9-8-14-21(17(16)2)25-22(28)15-29-24-20-13-7-6-12-19(20)23(26-27-24)18-10-4-3-5-11-18/h3-7,10-13,16-17,21H,8-9,14-15H2,1-2H3,(H,25,28)/t16-,17-,21-/m1/s1. The summed E-state index contributed by atoms with van der Waals surface area (Å²) in [5.74, 6) is 1.64. The van der Waals surface area contributed by atoms with Gasteiger partial charge in [0.1, 0.15) is 10.7 Å². The average Bonchev–Trinajstić information content (AvgIpc) is 2.76. The fourth-order valence-electron chi connectivity index (χ4n) is 4.16. The van der Waals surface area contributed by atoms with Crippen molar-refractivity contribution in [3.8, 4) is 11.3 Å². The Bertz CT molecular complexity index is 992. The first kappa shape index (κ1) is 19.9. The molecule has 1 N–H and O–H groups in total. The molecule has 4 nitrogen and oxygen atoms in total. The number of aromatic nitrogens is 2. The van der Waals surface area contributed by atoms with Crippen molar-refractivity contribution < 1.29 is 4.79 Å². The lowest BCUT2D eigenvalue weighted by atomic mass is 9.78. The maximum atomic E-state index is 12.6. The number of benzene rings is 2. The van der Waals surface area contributed by atoms with Crippen molar-refractivity contribution in [2.45, 2.75) is 44.2 Å². The number of nitrogens with one attached hydrogen (secondary N) is 1. The quantitative estimate of drug-likeness (QED) is 0.583. The van der Waals surface area contributed by atoms with Crippen LogP contribution in [0.4, 0.5) is 0 Å². The Morgan fingerprint density at radius 1 is 1.00 bits per heavy atom. The Hall–Kier alpha value is -2.40. The van der Waals surface area contributed by atoms with E-state index in [1.807, 2.05) is 42.5 Å². The summed E-state index contributed by atoms with van der Waals surface area (Å²) in [6, 6.07) is 18.5. The maximum absolute atomic E-state index is 12.6. The van der Waals surface area contributed by atoms with E-state index < -0.39 is 0 Å². The van der Waals surface area contributed by atoms with Gasteiger partial charge in [-0.2, -0.15) is 0 Å². The largest absolute Gasteiger partial charge is 0.352 e. The van der Waals surface area contributed by atoms with Gasteiger partial charge < -0.3 is 5.32 Å². The Morgan fingerprint density at radius 3 is 2.52 bits per heavy atom. The summed E-state index contributed by atoms with van der Waals surface area (Å²) in [5, 5.41) is 15.1. The van der Waals surface area contributed by atoms with Crippen molar-refractivity contribution in [2.24, 2.45) is 11.8 Å². The highest BCUT2D eigenvalue weighted by Crippen LogP contribution is 2.32. The van der Waals surface area contributed by atoms with Gasteiger partial charge >= 0.3 is 0 Å². The van der Waals surface area contributed by atoms with Gasteiger partial charge in [-0.25, -0.2) is 0 Å². The van der Waals surface area contributed by atoms with Gasteiger partial charge in [0.15, 0.2) is 0 Å². The van der Waals surface area contributed by atoms with Crippen LogP contribution < -0.4 is 5.32 Å². The molecule has 1 aliphatic rings.